The third-order valence-electron chi connectivity index (χ3n) is 2.32. The summed E-state index contributed by atoms with van der Waals surface area (Å²) >= 11 is 0. The molecular weight excluding hydrogens is 211 g/mol. The molecule has 1 rings (SSSR count). The quantitative estimate of drug-likeness (QED) is 0.543. The Bertz CT molecular complexity index is 384. The zero-order chi connectivity index (χ0) is 12.3. The van der Waals surface area contributed by atoms with Gasteiger partial charge in [0, 0.05) is 5.69 Å². The first-order valence-electron chi connectivity index (χ1n) is 4.93. The molecule has 0 saturated carbocycles. The van der Waals surface area contributed by atoms with Gasteiger partial charge >= 0.3 is 0 Å². The molecule has 88 valence electrons. The minimum atomic E-state index is -0.589. The Kier molecular flexibility index (Phi) is 3.84. The zero-order valence-electron chi connectivity index (χ0n) is 9.47. The van der Waals surface area contributed by atoms with E-state index in [0.717, 1.165) is 0 Å². The van der Waals surface area contributed by atoms with Crippen molar-refractivity contribution in [1.82, 2.24) is 5.48 Å². The van der Waals surface area contributed by atoms with Crippen molar-refractivity contribution >= 4 is 11.6 Å². The molecule has 1 aromatic rings. The van der Waals surface area contributed by atoms with E-state index in [9.17, 15) is 9.18 Å². The third kappa shape index (κ3) is 2.70. The third-order valence-corrected chi connectivity index (χ3v) is 2.32. The molecule has 0 unspecified atom stereocenters. The van der Waals surface area contributed by atoms with Crippen LogP contribution in [0.3, 0.4) is 0 Å². The summed E-state index contributed by atoms with van der Waals surface area (Å²) < 4.78 is 13.3. The van der Waals surface area contributed by atoms with Gasteiger partial charge < -0.3 is 5.32 Å². The molecule has 0 aliphatic heterocycles. The highest BCUT2D eigenvalue weighted by atomic mass is 19.1. The molecular formula is C11H15FN2O2. The number of nitrogens with one attached hydrogen (secondary N) is 2. The van der Waals surface area contributed by atoms with Crippen molar-refractivity contribution in [2.75, 3.05) is 5.32 Å². The van der Waals surface area contributed by atoms with Crippen LogP contribution in [-0.2, 0) is 4.79 Å². The molecule has 4 nitrogen and oxygen atoms in total. The number of hydrogen-bond donors (Lipinski definition) is 3. The molecule has 0 aliphatic carbocycles. The summed E-state index contributed by atoms with van der Waals surface area (Å²) in [7, 11) is 0. The maximum atomic E-state index is 13.3. The molecule has 0 saturated heterocycles. The summed E-state index contributed by atoms with van der Waals surface area (Å²) in [5.74, 6) is -0.788. The highest BCUT2D eigenvalue weighted by molar-refractivity contribution is 5.83. The molecule has 0 heterocycles. The second kappa shape index (κ2) is 4.94. The number of amides is 1. The number of aryl methyl sites for hydroxylation is 2. The lowest BCUT2D eigenvalue weighted by molar-refractivity contribution is -0.129. The minimum Gasteiger partial charge on any atom is -0.374 e. The zero-order valence-corrected chi connectivity index (χ0v) is 9.47. The predicted molar refractivity (Wildman–Crippen MR) is 58.9 cm³/mol. The predicted octanol–water partition coefficient (Wildman–Crippen LogP) is 1.75. The SMILES string of the molecule is Cc1cc(N[C@H](C)C(=O)NO)cc(C)c1F. The number of carbonyl (C=O) groups excluding carboxylic acids is 1. The largest absolute Gasteiger partial charge is 0.374 e. The molecule has 1 aromatic carbocycles. The maximum Gasteiger partial charge on any atom is 0.265 e. The molecule has 1 amide bonds. The van der Waals surface area contributed by atoms with Crippen molar-refractivity contribution in [3.05, 3.63) is 29.1 Å². The van der Waals surface area contributed by atoms with Crippen LogP contribution in [-0.4, -0.2) is 17.2 Å². The van der Waals surface area contributed by atoms with Crippen molar-refractivity contribution < 1.29 is 14.4 Å². The lowest BCUT2D eigenvalue weighted by Gasteiger charge is -2.14. The normalized spacial score (nSPS) is 12.1. The second-order valence-electron chi connectivity index (χ2n) is 3.77. The van der Waals surface area contributed by atoms with Gasteiger partial charge in [0.2, 0.25) is 0 Å². The first-order valence-corrected chi connectivity index (χ1v) is 4.93. The van der Waals surface area contributed by atoms with Gasteiger partial charge in [0.25, 0.3) is 5.91 Å². The molecule has 3 N–H and O–H groups in total. The summed E-state index contributed by atoms with van der Waals surface area (Å²) in [6, 6.07) is 2.64. The Balaban J connectivity index is 2.86. The van der Waals surface area contributed by atoms with Gasteiger partial charge in [-0.2, -0.15) is 0 Å². The van der Waals surface area contributed by atoms with Crippen LogP contribution in [0.15, 0.2) is 12.1 Å². The van der Waals surface area contributed by atoms with Crippen LogP contribution >= 0.6 is 0 Å². The number of carbonyl (C=O) groups is 1. The van der Waals surface area contributed by atoms with Gasteiger partial charge in [0.15, 0.2) is 0 Å². The van der Waals surface area contributed by atoms with E-state index in [1.807, 2.05) is 0 Å². The molecule has 1 atom stereocenters. The Labute approximate surface area is 93.4 Å². The van der Waals surface area contributed by atoms with Gasteiger partial charge in [0.1, 0.15) is 11.9 Å². The van der Waals surface area contributed by atoms with Crippen LogP contribution in [0.4, 0.5) is 10.1 Å². The maximum absolute atomic E-state index is 13.3. The molecule has 0 bridgehead atoms. The van der Waals surface area contributed by atoms with E-state index in [2.05, 4.69) is 5.32 Å². The van der Waals surface area contributed by atoms with Gasteiger partial charge in [0.05, 0.1) is 0 Å². The monoisotopic (exact) mass is 226 g/mol. The van der Waals surface area contributed by atoms with Crippen LogP contribution < -0.4 is 10.8 Å². The van der Waals surface area contributed by atoms with E-state index in [-0.39, 0.29) is 5.82 Å². The van der Waals surface area contributed by atoms with Gasteiger partial charge in [-0.3, -0.25) is 10.0 Å². The molecule has 16 heavy (non-hydrogen) atoms. The van der Waals surface area contributed by atoms with Crippen LogP contribution in [0.5, 0.6) is 0 Å². The standard InChI is InChI=1S/C11H15FN2O2/c1-6-4-9(5-7(2)10(6)12)13-8(3)11(15)14-16/h4-5,8,13,16H,1-3H3,(H,14,15)/t8-/m1/s1. The van der Waals surface area contributed by atoms with Gasteiger partial charge in [-0.05, 0) is 44.0 Å². The summed E-state index contributed by atoms with van der Waals surface area (Å²) in [5, 5.41) is 11.3. The topological polar surface area (TPSA) is 61.4 Å². The number of benzene rings is 1. The fourth-order valence-corrected chi connectivity index (χ4v) is 1.44. The summed E-state index contributed by atoms with van der Waals surface area (Å²) in [4.78, 5) is 11.1. The average Bonchev–Trinajstić information content (AvgIpc) is 2.24. The Morgan fingerprint density at radius 3 is 2.31 bits per heavy atom. The van der Waals surface area contributed by atoms with Crippen LogP contribution in [0, 0.1) is 19.7 Å². The Morgan fingerprint density at radius 1 is 1.38 bits per heavy atom. The van der Waals surface area contributed by atoms with Crippen molar-refractivity contribution in [2.45, 2.75) is 26.8 Å². The molecule has 0 fully saturated rings. The number of hydroxylamine groups is 1. The molecule has 0 spiro atoms. The van der Waals surface area contributed by atoms with E-state index in [1.54, 1.807) is 38.4 Å². The number of hydrogen-bond acceptors (Lipinski definition) is 3. The highest BCUT2D eigenvalue weighted by Crippen LogP contribution is 2.18. The molecule has 0 radical (unpaired) electrons. The lowest BCUT2D eigenvalue weighted by Crippen LogP contribution is -2.35. The van der Waals surface area contributed by atoms with Crippen molar-refractivity contribution in [3.63, 3.8) is 0 Å². The first-order chi connectivity index (χ1) is 7.45. The summed E-state index contributed by atoms with van der Waals surface area (Å²) in [6.45, 7) is 4.91. The average molecular weight is 226 g/mol. The van der Waals surface area contributed by atoms with Gasteiger partial charge in [-0.15, -0.1) is 0 Å². The fraction of sp³-hybridized carbons (Fsp3) is 0.364. The van der Waals surface area contributed by atoms with Crippen LogP contribution in [0.25, 0.3) is 0 Å². The van der Waals surface area contributed by atoms with Crippen molar-refractivity contribution in [2.24, 2.45) is 0 Å². The Hall–Kier alpha value is -1.62. The van der Waals surface area contributed by atoms with Crippen LogP contribution in [0.2, 0.25) is 0 Å². The summed E-state index contributed by atoms with van der Waals surface area (Å²) in [5.41, 5.74) is 3.22. The van der Waals surface area contributed by atoms with E-state index in [4.69, 9.17) is 5.21 Å². The lowest BCUT2D eigenvalue weighted by atomic mass is 10.1. The number of rotatable bonds is 3. The summed E-state index contributed by atoms with van der Waals surface area (Å²) in [6.07, 6.45) is 0. The van der Waals surface area contributed by atoms with Gasteiger partial charge in [-0.25, -0.2) is 9.87 Å². The number of anilines is 1. The second-order valence-corrected chi connectivity index (χ2v) is 3.77. The van der Waals surface area contributed by atoms with E-state index >= 15 is 0 Å². The molecule has 5 heteroatoms. The van der Waals surface area contributed by atoms with Crippen LogP contribution in [0.1, 0.15) is 18.1 Å². The number of halogens is 1. The Morgan fingerprint density at radius 2 is 1.88 bits per heavy atom. The fourth-order valence-electron chi connectivity index (χ4n) is 1.44. The smallest absolute Gasteiger partial charge is 0.265 e. The highest BCUT2D eigenvalue weighted by Gasteiger charge is 2.12. The molecule has 0 aromatic heterocycles. The minimum absolute atomic E-state index is 0.246. The van der Waals surface area contributed by atoms with E-state index < -0.39 is 11.9 Å². The van der Waals surface area contributed by atoms with Crippen molar-refractivity contribution in [1.29, 1.82) is 0 Å². The van der Waals surface area contributed by atoms with Crippen molar-refractivity contribution in [3.8, 4) is 0 Å². The molecule has 0 aliphatic rings. The van der Waals surface area contributed by atoms with Gasteiger partial charge in [-0.1, -0.05) is 0 Å². The van der Waals surface area contributed by atoms with E-state index in [1.165, 1.54) is 0 Å². The first kappa shape index (κ1) is 12.4. The van der Waals surface area contributed by atoms with E-state index in [0.29, 0.717) is 16.8 Å².